The Hall–Kier alpha value is -0.770. The quantitative estimate of drug-likeness (QED) is 0.631. The molecule has 0 aliphatic carbocycles. The largest absolute Gasteiger partial charge is 0.338 e. The van der Waals surface area contributed by atoms with E-state index in [4.69, 9.17) is 0 Å². The molecular weight excluding hydrogens is 226 g/mol. The topological polar surface area (TPSA) is 44.4 Å². The van der Waals surface area contributed by atoms with Gasteiger partial charge in [0.05, 0.1) is 0 Å². The Kier molecular flexibility index (Phi) is 10.8. The molecule has 1 atom stereocenters. The summed E-state index contributed by atoms with van der Waals surface area (Å²) in [6.45, 7) is 6.80. The van der Waals surface area contributed by atoms with Crippen LogP contribution < -0.4 is 10.6 Å². The van der Waals surface area contributed by atoms with E-state index in [9.17, 15) is 4.79 Å². The molecule has 0 bridgehead atoms. The molecule has 0 spiro atoms. The van der Waals surface area contributed by atoms with Crippen LogP contribution in [0.1, 0.15) is 46.0 Å². The molecule has 0 rings (SSSR count). The number of unbranched alkanes of at least 4 members (excludes halogenated alkanes) is 1. The van der Waals surface area contributed by atoms with Gasteiger partial charge in [-0.15, -0.1) is 0 Å². The molecule has 0 saturated carbocycles. The second-order valence-electron chi connectivity index (χ2n) is 5.24. The van der Waals surface area contributed by atoms with Gasteiger partial charge < -0.3 is 15.5 Å². The average molecular weight is 257 g/mol. The standard InChI is InChI=1S/C14H31N3O/c1-5-7-9-13(8-6-2)12-16-14(18)15-10-11-17(3)4/h13H,5-12H2,1-4H3,(H2,15,16,18). The number of likely N-dealkylation sites (N-methyl/N-ethyl adjacent to an activating group) is 1. The van der Waals surface area contributed by atoms with Crippen LogP contribution in [0.3, 0.4) is 0 Å². The van der Waals surface area contributed by atoms with Crippen molar-refractivity contribution in [2.45, 2.75) is 46.0 Å². The van der Waals surface area contributed by atoms with Gasteiger partial charge in [0.2, 0.25) is 0 Å². The van der Waals surface area contributed by atoms with Gasteiger partial charge >= 0.3 is 6.03 Å². The monoisotopic (exact) mass is 257 g/mol. The minimum Gasteiger partial charge on any atom is -0.338 e. The van der Waals surface area contributed by atoms with E-state index in [0.29, 0.717) is 12.5 Å². The lowest BCUT2D eigenvalue weighted by Gasteiger charge is -2.17. The predicted molar refractivity (Wildman–Crippen MR) is 77.9 cm³/mol. The van der Waals surface area contributed by atoms with Crippen LogP contribution in [-0.4, -0.2) is 44.7 Å². The van der Waals surface area contributed by atoms with Crippen LogP contribution in [-0.2, 0) is 0 Å². The summed E-state index contributed by atoms with van der Waals surface area (Å²) in [6, 6.07) is -0.0329. The van der Waals surface area contributed by atoms with Crippen molar-refractivity contribution in [2.75, 3.05) is 33.7 Å². The van der Waals surface area contributed by atoms with Crippen LogP contribution in [0.4, 0.5) is 4.79 Å². The fourth-order valence-corrected chi connectivity index (χ4v) is 1.94. The highest BCUT2D eigenvalue weighted by atomic mass is 16.2. The molecule has 0 aliphatic heterocycles. The van der Waals surface area contributed by atoms with Gasteiger partial charge in [0.25, 0.3) is 0 Å². The van der Waals surface area contributed by atoms with Crippen molar-refractivity contribution in [1.82, 2.24) is 15.5 Å². The van der Waals surface area contributed by atoms with Crippen LogP contribution >= 0.6 is 0 Å². The first-order chi connectivity index (χ1) is 8.60. The Bertz CT molecular complexity index is 207. The van der Waals surface area contributed by atoms with E-state index in [1.165, 1.54) is 32.1 Å². The highest BCUT2D eigenvalue weighted by molar-refractivity contribution is 5.73. The summed E-state index contributed by atoms with van der Waals surface area (Å²) in [4.78, 5) is 13.6. The summed E-state index contributed by atoms with van der Waals surface area (Å²) in [6.07, 6.45) is 6.11. The number of amides is 2. The van der Waals surface area contributed by atoms with Gasteiger partial charge in [-0.3, -0.25) is 0 Å². The molecule has 0 aromatic heterocycles. The third-order valence-corrected chi connectivity index (χ3v) is 3.06. The number of carbonyl (C=O) groups is 1. The van der Waals surface area contributed by atoms with Crippen LogP contribution in [0, 0.1) is 5.92 Å². The summed E-state index contributed by atoms with van der Waals surface area (Å²) < 4.78 is 0. The molecule has 0 aromatic rings. The Balaban J connectivity index is 3.70. The van der Waals surface area contributed by atoms with Gasteiger partial charge in [-0.25, -0.2) is 4.79 Å². The lowest BCUT2D eigenvalue weighted by molar-refractivity contribution is 0.236. The zero-order valence-corrected chi connectivity index (χ0v) is 12.6. The summed E-state index contributed by atoms with van der Waals surface area (Å²) in [5.41, 5.74) is 0. The highest BCUT2D eigenvalue weighted by Gasteiger charge is 2.08. The smallest absolute Gasteiger partial charge is 0.314 e. The van der Waals surface area contributed by atoms with Gasteiger partial charge in [-0.05, 0) is 32.9 Å². The molecule has 2 N–H and O–H groups in total. The van der Waals surface area contributed by atoms with E-state index in [1.807, 2.05) is 14.1 Å². The third-order valence-electron chi connectivity index (χ3n) is 3.06. The first-order valence-electron chi connectivity index (χ1n) is 7.26. The molecule has 108 valence electrons. The molecular formula is C14H31N3O. The fraction of sp³-hybridized carbons (Fsp3) is 0.929. The van der Waals surface area contributed by atoms with Crippen molar-refractivity contribution < 1.29 is 4.79 Å². The van der Waals surface area contributed by atoms with Crippen molar-refractivity contribution in [3.8, 4) is 0 Å². The summed E-state index contributed by atoms with van der Waals surface area (Å²) in [5, 5.41) is 5.86. The average Bonchev–Trinajstić information content (AvgIpc) is 2.32. The number of hydrogen-bond donors (Lipinski definition) is 2. The van der Waals surface area contributed by atoms with E-state index in [1.54, 1.807) is 0 Å². The lowest BCUT2D eigenvalue weighted by Crippen LogP contribution is -2.40. The van der Waals surface area contributed by atoms with Gasteiger partial charge in [0.1, 0.15) is 0 Å². The van der Waals surface area contributed by atoms with Crippen molar-refractivity contribution in [3.63, 3.8) is 0 Å². The zero-order chi connectivity index (χ0) is 13.8. The number of nitrogens with one attached hydrogen (secondary N) is 2. The van der Waals surface area contributed by atoms with Gasteiger partial charge in [-0.2, -0.15) is 0 Å². The van der Waals surface area contributed by atoms with E-state index in [-0.39, 0.29) is 6.03 Å². The Morgan fingerprint density at radius 1 is 1.11 bits per heavy atom. The van der Waals surface area contributed by atoms with Gasteiger partial charge in [-0.1, -0.05) is 33.1 Å². The maximum atomic E-state index is 11.6. The predicted octanol–water partition coefficient (Wildman–Crippen LogP) is 2.45. The van der Waals surface area contributed by atoms with Gasteiger partial charge in [0, 0.05) is 19.6 Å². The lowest BCUT2D eigenvalue weighted by atomic mass is 9.97. The molecule has 0 fully saturated rings. The molecule has 0 radical (unpaired) electrons. The maximum Gasteiger partial charge on any atom is 0.314 e. The number of hydrogen-bond acceptors (Lipinski definition) is 2. The minimum absolute atomic E-state index is 0.0329. The van der Waals surface area contributed by atoms with Crippen LogP contribution in [0.2, 0.25) is 0 Å². The Morgan fingerprint density at radius 3 is 2.39 bits per heavy atom. The molecule has 0 heterocycles. The van der Waals surface area contributed by atoms with E-state index in [0.717, 1.165) is 13.1 Å². The number of carbonyl (C=O) groups excluding carboxylic acids is 1. The Morgan fingerprint density at radius 2 is 1.83 bits per heavy atom. The van der Waals surface area contributed by atoms with Crippen molar-refractivity contribution in [1.29, 1.82) is 0 Å². The maximum absolute atomic E-state index is 11.6. The van der Waals surface area contributed by atoms with Crippen LogP contribution in [0.15, 0.2) is 0 Å². The zero-order valence-electron chi connectivity index (χ0n) is 12.6. The fourth-order valence-electron chi connectivity index (χ4n) is 1.94. The van der Waals surface area contributed by atoms with E-state index in [2.05, 4.69) is 29.4 Å². The molecule has 0 aromatic carbocycles. The third kappa shape index (κ3) is 10.4. The summed E-state index contributed by atoms with van der Waals surface area (Å²) >= 11 is 0. The molecule has 18 heavy (non-hydrogen) atoms. The number of nitrogens with zero attached hydrogens (tertiary/aromatic N) is 1. The highest BCUT2D eigenvalue weighted by Crippen LogP contribution is 2.13. The Labute approximate surface area is 113 Å². The number of urea groups is 1. The second-order valence-corrected chi connectivity index (χ2v) is 5.24. The minimum atomic E-state index is -0.0329. The van der Waals surface area contributed by atoms with Crippen molar-refractivity contribution in [2.24, 2.45) is 5.92 Å². The molecule has 0 saturated heterocycles. The first-order valence-corrected chi connectivity index (χ1v) is 7.26. The molecule has 1 unspecified atom stereocenters. The normalized spacial score (nSPS) is 12.5. The molecule has 0 aliphatic rings. The van der Waals surface area contributed by atoms with Gasteiger partial charge in [0.15, 0.2) is 0 Å². The SMILES string of the molecule is CCCCC(CCC)CNC(=O)NCCN(C)C. The molecule has 4 heteroatoms. The number of rotatable bonds is 10. The van der Waals surface area contributed by atoms with Crippen molar-refractivity contribution in [3.05, 3.63) is 0 Å². The van der Waals surface area contributed by atoms with E-state index < -0.39 is 0 Å². The molecule has 2 amide bonds. The van der Waals surface area contributed by atoms with Crippen LogP contribution in [0.5, 0.6) is 0 Å². The molecule has 4 nitrogen and oxygen atoms in total. The van der Waals surface area contributed by atoms with Crippen LogP contribution in [0.25, 0.3) is 0 Å². The van der Waals surface area contributed by atoms with Crippen molar-refractivity contribution >= 4 is 6.03 Å². The summed E-state index contributed by atoms with van der Waals surface area (Å²) in [5.74, 6) is 0.634. The summed E-state index contributed by atoms with van der Waals surface area (Å²) in [7, 11) is 4.00. The first kappa shape index (κ1) is 17.2. The van der Waals surface area contributed by atoms with E-state index >= 15 is 0 Å². The second kappa shape index (κ2) is 11.3.